The fourth-order valence-corrected chi connectivity index (χ4v) is 4.29. The Bertz CT molecular complexity index is 1190. The van der Waals surface area contributed by atoms with Gasteiger partial charge in [-0.2, -0.15) is 0 Å². The fourth-order valence-electron chi connectivity index (χ4n) is 3.48. The first-order valence-electron chi connectivity index (χ1n) is 10.2. The van der Waals surface area contributed by atoms with Gasteiger partial charge in [0, 0.05) is 37.4 Å². The molecule has 0 aliphatic carbocycles. The third-order valence-electron chi connectivity index (χ3n) is 5.31. The predicted octanol–water partition coefficient (Wildman–Crippen LogP) is 5.79. The molecule has 0 atom stereocenters. The number of furan rings is 1. The van der Waals surface area contributed by atoms with E-state index in [1.165, 1.54) is 0 Å². The number of halogens is 3. The van der Waals surface area contributed by atoms with Gasteiger partial charge in [0.2, 0.25) is 0 Å². The number of likely N-dealkylation sites (N-methyl/N-ethyl adjacent to an activating group) is 1. The monoisotopic (exact) mass is 522 g/mol. The SMILES string of the molecule is CN1CCN(c2ccc(NC(=S)NC(=O)c3ccc(-c4ccc(Cl)c(Cl)c4)o3)cc2Cl)CC1. The molecule has 0 saturated carbocycles. The second kappa shape index (κ2) is 10.3. The number of nitrogens with one attached hydrogen (secondary N) is 2. The van der Waals surface area contributed by atoms with Crippen molar-refractivity contribution in [3.8, 4) is 11.3 Å². The lowest BCUT2D eigenvalue weighted by Crippen LogP contribution is -2.44. The molecular formula is C23H21Cl3N4O2S. The van der Waals surface area contributed by atoms with Gasteiger partial charge in [-0.05, 0) is 67.8 Å². The molecule has 172 valence electrons. The van der Waals surface area contributed by atoms with Gasteiger partial charge >= 0.3 is 0 Å². The number of carbonyl (C=O) groups excluding carboxylic acids is 1. The summed E-state index contributed by atoms with van der Waals surface area (Å²) in [4.78, 5) is 17.1. The van der Waals surface area contributed by atoms with Crippen molar-refractivity contribution in [2.45, 2.75) is 0 Å². The van der Waals surface area contributed by atoms with Crippen molar-refractivity contribution < 1.29 is 9.21 Å². The van der Waals surface area contributed by atoms with E-state index in [2.05, 4.69) is 27.5 Å². The molecule has 33 heavy (non-hydrogen) atoms. The Morgan fingerprint density at radius 1 is 0.939 bits per heavy atom. The van der Waals surface area contributed by atoms with Crippen molar-refractivity contribution in [1.82, 2.24) is 10.2 Å². The molecule has 2 N–H and O–H groups in total. The summed E-state index contributed by atoms with van der Waals surface area (Å²) in [7, 11) is 2.11. The summed E-state index contributed by atoms with van der Waals surface area (Å²) in [6, 6.07) is 14.0. The van der Waals surface area contributed by atoms with Crippen LogP contribution in [0.2, 0.25) is 15.1 Å². The van der Waals surface area contributed by atoms with Crippen LogP contribution in [0.5, 0.6) is 0 Å². The molecule has 1 aromatic heterocycles. The van der Waals surface area contributed by atoms with Crippen LogP contribution in [0.15, 0.2) is 52.9 Å². The van der Waals surface area contributed by atoms with Crippen molar-refractivity contribution in [3.63, 3.8) is 0 Å². The number of piperazine rings is 1. The second-order valence-corrected chi connectivity index (χ2v) is 9.29. The van der Waals surface area contributed by atoms with Crippen LogP contribution in [0.25, 0.3) is 11.3 Å². The molecule has 1 fully saturated rings. The molecule has 1 aliphatic heterocycles. The highest BCUT2D eigenvalue weighted by molar-refractivity contribution is 7.80. The lowest BCUT2D eigenvalue weighted by molar-refractivity contribution is 0.0951. The quantitative estimate of drug-likeness (QED) is 0.422. The first-order chi connectivity index (χ1) is 15.8. The Labute approximate surface area is 212 Å². The first kappa shape index (κ1) is 23.9. The molecule has 0 radical (unpaired) electrons. The number of nitrogens with zero attached hydrogens (tertiary/aromatic N) is 2. The highest BCUT2D eigenvalue weighted by atomic mass is 35.5. The maximum absolute atomic E-state index is 12.5. The summed E-state index contributed by atoms with van der Waals surface area (Å²) in [5.74, 6) is 0.131. The van der Waals surface area contributed by atoms with Crippen molar-refractivity contribution in [3.05, 3.63) is 69.4 Å². The normalized spacial score (nSPS) is 14.2. The summed E-state index contributed by atoms with van der Waals surface area (Å²) in [5, 5.41) is 7.20. The summed E-state index contributed by atoms with van der Waals surface area (Å²) < 4.78 is 5.66. The Kier molecular flexibility index (Phi) is 7.46. The van der Waals surface area contributed by atoms with Gasteiger partial charge in [-0.1, -0.05) is 34.8 Å². The zero-order chi connectivity index (χ0) is 23.5. The summed E-state index contributed by atoms with van der Waals surface area (Å²) in [5.41, 5.74) is 2.37. The minimum absolute atomic E-state index is 0.115. The van der Waals surface area contributed by atoms with Gasteiger partial charge in [-0.3, -0.25) is 10.1 Å². The molecule has 0 spiro atoms. The minimum atomic E-state index is -0.473. The lowest BCUT2D eigenvalue weighted by atomic mass is 10.2. The summed E-state index contributed by atoms with van der Waals surface area (Å²) >= 11 is 23.8. The molecule has 3 aromatic rings. The molecule has 1 aliphatic rings. The maximum atomic E-state index is 12.5. The molecule has 2 aromatic carbocycles. The average Bonchev–Trinajstić information content (AvgIpc) is 3.27. The van der Waals surface area contributed by atoms with E-state index < -0.39 is 5.91 Å². The van der Waals surface area contributed by atoms with Crippen molar-refractivity contribution in [2.75, 3.05) is 43.4 Å². The molecule has 1 saturated heterocycles. The Balaban J connectivity index is 1.37. The Morgan fingerprint density at radius 2 is 1.70 bits per heavy atom. The van der Waals surface area contributed by atoms with Crippen molar-refractivity contribution >= 4 is 69.4 Å². The number of carbonyl (C=O) groups is 1. The summed E-state index contributed by atoms with van der Waals surface area (Å²) in [6.45, 7) is 3.83. The van der Waals surface area contributed by atoms with E-state index in [9.17, 15) is 4.79 Å². The van der Waals surface area contributed by atoms with E-state index in [-0.39, 0.29) is 10.9 Å². The van der Waals surface area contributed by atoms with E-state index in [0.717, 1.165) is 31.9 Å². The third-order valence-corrected chi connectivity index (χ3v) is 6.56. The minimum Gasteiger partial charge on any atom is -0.451 e. The van der Waals surface area contributed by atoms with Crippen molar-refractivity contribution in [2.24, 2.45) is 0 Å². The number of rotatable bonds is 4. The van der Waals surface area contributed by atoms with Crippen LogP contribution in [0.3, 0.4) is 0 Å². The van der Waals surface area contributed by atoms with Crippen LogP contribution in [-0.2, 0) is 0 Å². The van der Waals surface area contributed by atoms with Gasteiger partial charge < -0.3 is 19.5 Å². The Hall–Kier alpha value is -2.29. The number of thiocarbonyl (C=S) groups is 1. The topological polar surface area (TPSA) is 60.8 Å². The molecular weight excluding hydrogens is 503 g/mol. The van der Waals surface area contributed by atoms with Crippen LogP contribution >= 0.6 is 47.0 Å². The van der Waals surface area contributed by atoms with Gasteiger partial charge in [0.25, 0.3) is 5.91 Å². The largest absolute Gasteiger partial charge is 0.451 e. The number of benzene rings is 2. The van der Waals surface area contributed by atoms with Crippen LogP contribution in [0.1, 0.15) is 10.6 Å². The number of anilines is 2. The molecule has 4 rings (SSSR count). The zero-order valence-electron chi connectivity index (χ0n) is 17.7. The van der Waals surface area contributed by atoms with Crippen LogP contribution < -0.4 is 15.5 Å². The molecule has 2 heterocycles. The van der Waals surface area contributed by atoms with E-state index in [4.69, 9.17) is 51.4 Å². The van der Waals surface area contributed by atoms with Gasteiger partial charge in [-0.25, -0.2) is 0 Å². The molecule has 6 nitrogen and oxygen atoms in total. The first-order valence-corrected chi connectivity index (χ1v) is 11.7. The van der Waals surface area contributed by atoms with E-state index in [1.807, 2.05) is 12.1 Å². The number of amides is 1. The van der Waals surface area contributed by atoms with Crippen LogP contribution in [0, 0.1) is 0 Å². The molecule has 10 heteroatoms. The number of hydrogen-bond donors (Lipinski definition) is 2. The van der Waals surface area contributed by atoms with E-state index in [0.29, 0.717) is 32.1 Å². The standard InChI is InChI=1S/C23H21Cl3N4O2S/c1-29-8-10-30(11-9-29)19-5-3-15(13-18(19)26)27-23(33)28-22(31)21-7-6-20(32-21)14-2-4-16(24)17(25)12-14/h2-7,12-13H,8-11H2,1H3,(H2,27,28,31,33). The van der Waals surface area contributed by atoms with E-state index >= 15 is 0 Å². The third kappa shape index (κ3) is 5.80. The van der Waals surface area contributed by atoms with Gasteiger partial charge in [0.05, 0.1) is 20.8 Å². The fraction of sp³-hybridized carbons (Fsp3) is 0.217. The average molecular weight is 524 g/mol. The maximum Gasteiger partial charge on any atom is 0.293 e. The Morgan fingerprint density at radius 3 is 2.39 bits per heavy atom. The van der Waals surface area contributed by atoms with Gasteiger partial charge in [-0.15, -0.1) is 0 Å². The number of hydrogen-bond acceptors (Lipinski definition) is 5. The highest BCUT2D eigenvalue weighted by Crippen LogP contribution is 2.31. The predicted molar refractivity (Wildman–Crippen MR) is 139 cm³/mol. The lowest BCUT2D eigenvalue weighted by Gasteiger charge is -2.34. The van der Waals surface area contributed by atoms with Gasteiger partial charge in [0.15, 0.2) is 10.9 Å². The van der Waals surface area contributed by atoms with Crippen molar-refractivity contribution in [1.29, 1.82) is 0 Å². The second-order valence-electron chi connectivity index (χ2n) is 7.66. The van der Waals surface area contributed by atoms with Crippen LogP contribution in [-0.4, -0.2) is 49.1 Å². The molecule has 1 amide bonds. The smallest absolute Gasteiger partial charge is 0.293 e. The van der Waals surface area contributed by atoms with Crippen LogP contribution in [0.4, 0.5) is 11.4 Å². The van der Waals surface area contributed by atoms with Gasteiger partial charge in [0.1, 0.15) is 5.76 Å². The van der Waals surface area contributed by atoms with E-state index in [1.54, 1.807) is 36.4 Å². The highest BCUT2D eigenvalue weighted by Gasteiger charge is 2.18. The molecule has 0 bridgehead atoms. The zero-order valence-corrected chi connectivity index (χ0v) is 20.8. The summed E-state index contributed by atoms with van der Waals surface area (Å²) in [6.07, 6.45) is 0. The molecule has 0 unspecified atom stereocenters.